The molecule has 186 valence electrons. The minimum atomic E-state index is -3.49. The van der Waals surface area contributed by atoms with Crippen molar-refractivity contribution in [1.29, 1.82) is 0 Å². The van der Waals surface area contributed by atoms with Crippen LogP contribution in [0, 0.1) is 6.92 Å². The van der Waals surface area contributed by atoms with Gasteiger partial charge in [0.1, 0.15) is 0 Å². The Morgan fingerprint density at radius 2 is 1.71 bits per heavy atom. The highest BCUT2D eigenvalue weighted by molar-refractivity contribution is 7.91. The lowest BCUT2D eigenvalue weighted by Crippen LogP contribution is -2.33. The van der Waals surface area contributed by atoms with Crippen LogP contribution in [-0.2, 0) is 14.6 Å². The normalized spacial score (nSPS) is 11.6. The molecule has 0 aliphatic carbocycles. The lowest BCUT2D eigenvalue weighted by atomic mass is 10.2. The number of amides is 1. The van der Waals surface area contributed by atoms with Gasteiger partial charge in [-0.2, -0.15) is 0 Å². The summed E-state index contributed by atoms with van der Waals surface area (Å²) in [6, 6.07) is 9.78. The van der Waals surface area contributed by atoms with Crippen molar-refractivity contribution < 1.29 is 13.2 Å². The molecule has 0 fully saturated rings. The molecule has 0 bridgehead atoms. The van der Waals surface area contributed by atoms with Crippen LogP contribution in [0.4, 0.5) is 5.13 Å². The maximum atomic E-state index is 13.2. The van der Waals surface area contributed by atoms with Gasteiger partial charge in [0.2, 0.25) is 5.91 Å². The number of hydrogen-bond acceptors (Lipinski definition) is 6. The lowest BCUT2D eigenvalue weighted by Gasteiger charge is -2.21. The van der Waals surface area contributed by atoms with Gasteiger partial charge in [0.25, 0.3) is 0 Å². The number of aryl methyl sites for hydroxylation is 1. The molecule has 34 heavy (non-hydrogen) atoms. The molecule has 1 heterocycles. The van der Waals surface area contributed by atoms with Crippen molar-refractivity contribution in [3.8, 4) is 0 Å². The highest BCUT2D eigenvalue weighted by atomic mass is 35.5. The molecule has 1 aromatic heterocycles. The minimum Gasteiger partial charge on any atom is -0.309 e. The molecule has 6 nitrogen and oxygen atoms in total. The van der Waals surface area contributed by atoms with Crippen molar-refractivity contribution in [2.24, 2.45) is 0 Å². The quantitative estimate of drug-likeness (QED) is 0.308. The number of thiazole rings is 1. The van der Waals surface area contributed by atoms with E-state index in [2.05, 4.69) is 4.90 Å². The van der Waals surface area contributed by atoms with E-state index in [9.17, 15) is 13.2 Å². The number of halogens is 3. The summed E-state index contributed by atoms with van der Waals surface area (Å²) in [7, 11) is 0.480. The van der Waals surface area contributed by atoms with Gasteiger partial charge in [0, 0.05) is 23.0 Å². The van der Waals surface area contributed by atoms with Crippen LogP contribution in [0.1, 0.15) is 24.8 Å². The van der Waals surface area contributed by atoms with Crippen molar-refractivity contribution in [3.05, 3.63) is 52.0 Å². The molecule has 0 unspecified atom stereocenters. The molecule has 3 rings (SSSR count). The predicted molar refractivity (Wildman–Crippen MR) is 145 cm³/mol. The number of anilines is 1. The van der Waals surface area contributed by atoms with Crippen LogP contribution in [0.2, 0.25) is 10.0 Å². The van der Waals surface area contributed by atoms with Crippen molar-refractivity contribution in [2.75, 3.05) is 37.8 Å². The zero-order chi connectivity index (χ0) is 24.2. The number of fused-ring (bicyclic) bond motifs is 1. The van der Waals surface area contributed by atoms with E-state index in [1.54, 1.807) is 17.0 Å². The van der Waals surface area contributed by atoms with E-state index < -0.39 is 9.84 Å². The first-order valence-corrected chi connectivity index (χ1v) is 13.8. The molecule has 11 heteroatoms. The standard InChI is InChI=1S/C23H27Cl2N3O3S2.ClH/c1-16-14-18(25)15-20-22(16)26-23(32-20)28(12-5-11-27(2)3)21(29)6-4-13-33(30,31)19-9-7-17(24)8-10-19;/h7-10,14-15H,4-6,11-13H2,1-3H3;1H. The van der Waals surface area contributed by atoms with Gasteiger partial charge in [-0.1, -0.05) is 34.5 Å². The SMILES string of the molecule is Cc1cc(Cl)cc2sc(N(CCCN(C)C)C(=O)CCCS(=O)(=O)c3ccc(Cl)cc3)nc12.Cl. The van der Waals surface area contributed by atoms with E-state index in [-0.39, 0.29) is 41.8 Å². The fraction of sp³-hybridized carbons (Fsp3) is 0.391. The molecule has 0 saturated carbocycles. The Hall–Kier alpha value is -1.42. The minimum absolute atomic E-state index is 0. The van der Waals surface area contributed by atoms with Gasteiger partial charge in [-0.05, 0) is 82.4 Å². The average Bonchev–Trinajstić information content (AvgIpc) is 3.15. The number of carbonyl (C=O) groups is 1. The summed E-state index contributed by atoms with van der Waals surface area (Å²) < 4.78 is 26.1. The van der Waals surface area contributed by atoms with Crippen LogP contribution in [0.25, 0.3) is 10.2 Å². The van der Waals surface area contributed by atoms with Gasteiger partial charge >= 0.3 is 0 Å². The van der Waals surface area contributed by atoms with Crippen LogP contribution in [0.3, 0.4) is 0 Å². The van der Waals surface area contributed by atoms with Crippen molar-refractivity contribution in [2.45, 2.75) is 31.1 Å². The molecular weight excluding hydrogens is 537 g/mol. The molecule has 0 aliphatic heterocycles. The van der Waals surface area contributed by atoms with E-state index in [0.717, 1.165) is 28.7 Å². The first-order valence-electron chi connectivity index (χ1n) is 10.6. The second kappa shape index (κ2) is 12.5. The highest BCUT2D eigenvalue weighted by Gasteiger charge is 2.22. The fourth-order valence-electron chi connectivity index (χ4n) is 3.44. The number of sulfone groups is 1. The molecule has 2 aromatic carbocycles. The first kappa shape index (κ1) is 28.8. The third kappa shape index (κ3) is 7.54. The van der Waals surface area contributed by atoms with E-state index >= 15 is 0 Å². The molecule has 1 amide bonds. The average molecular weight is 565 g/mol. The molecule has 0 aliphatic rings. The summed E-state index contributed by atoms with van der Waals surface area (Å²) in [4.78, 5) is 21.8. The fourth-order valence-corrected chi connectivity index (χ4v) is 6.34. The Morgan fingerprint density at radius 1 is 1.03 bits per heavy atom. The lowest BCUT2D eigenvalue weighted by molar-refractivity contribution is -0.118. The van der Waals surface area contributed by atoms with Crippen LogP contribution in [-0.4, -0.2) is 57.1 Å². The van der Waals surface area contributed by atoms with Crippen LogP contribution in [0.15, 0.2) is 41.3 Å². The first-order chi connectivity index (χ1) is 15.6. The summed E-state index contributed by atoms with van der Waals surface area (Å²) in [5.74, 6) is -0.247. The molecule has 0 radical (unpaired) electrons. The molecular formula is C23H28Cl3N3O3S2. The summed E-state index contributed by atoms with van der Waals surface area (Å²) in [5.41, 5.74) is 1.78. The van der Waals surface area contributed by atoms with Crippen LogP contribution >= 0.6 is 46.9 Å². The van der Waals surface area contributed by atoms with Crippen LogP contribution < -0.4 is 4.90 Å². The number of hydrogen-bond donors (Lipinski definition) is 0. The maximum absolute atomic E-state index is 13.2. The molecule has 0 atom stereocenters. The molecule has 0 saturated heterocycles. The number of nitrogens with zero attached hydrogens (tertiary/aromatic N) is 3. The van der Waals surface area contributed by atoms with E-state index in [0.29, 0.717) is 21.7 Å². The van der Waals surface area contributed by atoms with Gasteiger partial charge < -0.3 is 4.90 Å². The summed E-state index contributed by atoms with van der Waals surface area (Å²) in [6.07, 6.45) is 1.12. The van der Waals surface area contributed by atoms with E-state index in [1.165, 1.54) is 23.5 Å². The van der Waals surface area contributed by atoms with Gasteiger partial charge in [0.05, 0.1) is 20.9 Å². The maximum Gasteiger partial charge on any atom is 0.228 e. The van der Waals surface area contributed by atoms with Crippen molar-refractivity contribution in [1.82, 2.24) is 9.88 Å². The third-order valence-corrected chi connectivity index (χ3v) is 8.45. The Balaban J connectivity index is 0.00000408. The number of aromatic nitrogens is 1. The summed E-state index contributed by atoms with van der Waals surface area (Å²) in [5, 5.41) is 1.72. The van der Waals surface area contributed by atoms with Gasteiger partial charge in [-0.15, -0.1) is 12.4 Å². The Labute approximate surface area is 221 Å². The molecule has 0 N–H and O–H groups in total. The number of rotatable bonds is 10. The monoisotopic (exact) mass is 563 g/mol. The smallest absolute Gasteiger partial charge is 0.228 e. The van der Waals surface area contributed by atoms with Crippen LogP contribution in [0.5, 0.6) is 0 Å². The Bertz CT molecular complexity index is 1230. The number of benzene rings is 2. The molecule has 0 spiro atoms. The predicted octanol–water partition coefficient (Wildman–Crippen LogP) is 5.87. The topological polar surface area (TPSA) is 70.6 Å². The van der Waals surface area contributed by atoms with Gasteiger partial charge in [-0.3, -0.25) is 9.69 Å². The Morgan fingerprint density at radius 3 is 2.35 bits per heavy atom. The largest absolute Gasteiger partial charge is 0.309 e. The van der Waals surface area contributed by atoms with Gasteiger partial charge in [0.15, 0.2) is 15.0 Å². The third-order valence-electron chi connectivity index (χ3n) is 5.13. The zero-order valence-corrected chi connectivity index (χ0v) is 23.2. The molecule has 3 aromatic rings. The highest BCUT2D eigenvalue weighted by Crippen LogP contribution is 2.33. The zero-order valence-electron chi connectivity index (χ0n) is 19.3. The van der Waals surface area contributed by atoms with E-state index in [1.807, 2.05) is 33.2 Å². The second-order valence-electron chi connectivity index (χ2n) is 8.14. The summed E-state index contributed by atoms with van der Waals surface area (Å²) in [6.45, 7) is 3.27. The van der Waals surface area contributed by atoms with Crippen molar-refractivity contribution in [3.63, 3.8) is 0 Å². The Kier molecular flexibility index (Phi) is 10.6. The van der Waals surface area contributed by atoms with Gasteiger partial charge in [-0.25, -0.2) is 13.4 Å². The number of carbonyl (C=O) groups excluding carboxylic acids is 1. The summed E-state index contributed by atoms with van der Waals surface area (Å²) >= 11 is 13.5. The van der Waals surface area contributed by atoms with E-state index in [4.69, 9.17) is 28.2 Å². The van der Waals surface area contributed by atoms with Crippen molar-refractivity contribution >= 4 is 78.0 Å². The second-order valence-corrected chi connectivity index (χ2v) is 12.1.